The molecule has 0 saturated carbocycles. The van der Waals surface area contributed by atoms with E-state index in [1.54, 1.807) is 0 Å². The Labute approximate surface area is 112 Å². The average Bonchev–Trinajstić information content (AvgIpc) is 2.73. The van der Waals surface area contributed by atoms with Gasteiger partial charge in [-0.25, -0.2) is 0 Å². The quantitative estimate of drug-likeness (QED) is 0.751. The molecule has 0 atom stereocenters. The number of fused-ring (bicyclic) bond motifs is 1. The van der Waals surface area contributed by atoms with Crippen molar-refractivity contribution in [1.29, 1.82) is 0 Å². The number of hydrogen-bond acceptors (Lipinski definition) is 2. The molecule has 0 bridgehead atoms. The van der Waals surface area contributed by atoms with Gasteiger partial charge in [-0.3, -0.25) is 4.79 Å². The van der Waals surface area contributed by atoms with E-state index in [2.05, 4.69) is 11.9 Å². The van der Waals surface area contributed by atoms with Crippen LogP contribution in [0.15, 0.2) is 24.3 Å². The van der Waals surface area contributed by atoms with E-state index in [9.17, 15) is 4.79 Å². The molecule has 0 unspecified atom stereocenters. The van der Waals surface area contributed by atoms with Crippen LogP contribution in [-0.2, 0) is 11.2 Å². The van der Waals surface area contributed by atoms with Crippen LogP contribution in [0.3, 0.4) is 0 Å². The van der Waals surface area contributed by atoms with Crippen LogP contribution < -0.4 is 4.74 Å². The standard InChI is InChI=1S/C15H19NO3/c1-2-3-6-9-19-15-12(10-14(17)18)11-7-4-5-8-13(11)16-15/h4-5,7-8,16H,2-3,6,9-10H2,1H3,(H,17,18). The maximum absolute atomic E-state index is 11.0. The van der Waals surface area contributed by atoms with Crippen LogP contribution >= 0.6 is 0 Å². The largest absolute Gasteiger partial charge is 0.481 e. The van der Waals surface area contributed by atoms with Crippen LogP contribution in [-0.4, -0.2) is 22.7 Å². The number of unbranched alkanes of at least 4 members (excludes halogenated alkanes) is 2. The van der Waals surface area contributed by atoms with Crippen LogP contribution in [0.25, 0.3) is 10.9 Å². The van der Waals surface area contributed by atoms with Crippen LogP contribution in [0, 0.1) is 0 Å². The molecular formula is C15H19NO3. The number of nitrogens with one attached hydrogen (secondary N) is 1. The fraction of sp³-hybridized carbons (Fsp3) is 0.400. The van der Waals surface area contributed by atoms with Gasteiger partial charge in [-0.15, -0.1) is 0 Å². The zero-order valence-electron chi connectivity index (χ0n) is 11.1. The number of rotatable bonds is 7. The van der Waals surface area contributed by atoms with E-state index in [0.29, 0.717) is 12.5 Å². The van der Waals surface area contributed by atoms with Gasteiger partial charge in [-0.1, -0.05) is 38.0 Å². The highest BCUT2D eigenvalue weighted by Gasteiger charge is 2.15. The van der Waals surface area contributed by atoms with Crippen molar-refractivity contribution in [3.63, 3.8) is 0 Å². The summed E-state index contributed by atoms with van der Waals surface area (Å²) in [6.07, 6.45) is 3.22. The minimum Gasteiger partial charge on any atom is -0.481 e. The van der Waals surface area contributed by atoms with E-state index in [-0.39, 0.29) is 6.42 Å². The number of benzene rings is 1. The predicted octanol–water partition coefficient (Wildman–Crippen LogP) is 3.36. The lowest BCUT2D eigenvalue weighted by molar-refractivity contribution is -0.136. The molecule has 0 amide bonds. The molecule has 1 aromatic carbocycles. The number of para-hydroxylation sites is 1. The van der Waals surface area contributed by atoms with E-state index < -0.39 is 5.97 Å². The van der Waals surface area contributed by atoms with Crippen molar-refractivity contribution in [2.75, 3.05) is 6.61 Å². The smallest absolute Gasteiger partial charge is 0.308 e. The second-order valence-electron chi connectivity index (χ2n) is 4.60. The Kier molecular flexibility index (Phi) is 4.44. The maximum Gasteiger partial charge on any atom is 0.308 e. The summed E-state index contributed by atoms with van der Waals surface area (Å²) in [5, 5.41) is 9.94. The van der Waals surface area contributed by atoms with E-state index in [0.717, 1.165) is 35.7 Å². The lowest BCUT2D eigenvalue weighted by Gasteiger charge is -2.05. The van der Waals surface area contributed by atoms with Crippen molar-refractivity contribution in [3.8, 4) is 5.88 Å². The second kappa shape index (κ2) is 6.27. The van der Waals surface area contributed by atoms with Crippen molar-refractivity contribution < 1.29 is 14.6 Å². The van der Waals surface area contributed by atoms with Gasteiger partial charge in [-0.05, 0) is 12.5 Å². The third-order valence-corrected chi connectivity index (χ3v) is 3.10. The van der Waals surface area contributed by atoms with Crippen LogP contribution in [0.2, 0.25) is 0 Å². The van der Waals surface area contributed by atoms with Gasteiger partial charge in [0.05, 0.1) is 13.0 Å². The second-order valence-corrected chi connectivity index (χ2v) is 4.60. The first-order valence-corrected chi connectivity index (χ1v) is 6.66. The van der Waals surface area contributed by atoms with E-state index in [4.69, 9.17) is 9.84 Å². The van der Waals surface area contributed by atoms with Crippen LogP contribution in [0.1, 0.15) is 31.7 Å². The zero-order chi connectivity index (χ0) is 13.7. The molecule has 4 heteroatoms. The Morgan fingerprint density at radius 2 is 2.11 bits per heavy atom. The first kappa shape index (κ1) is 13.5. The third-order valence-electron chi connectivity index (χ3n) is 3.10. The van der Waals surface area contributed by atoms with Crippen LogP contribution in [0.5, 0.6) is 5.88 Å². The number of hydrogen-bond donors (Lipinski definition) is 2. The minimum atomic E-state index is -0.844. The maximum atomic E-state index is 11.0. The summed E-state index contributed by atoms with van der Waals surface area (Å²) in [7, 11) is 0. The Hall–Kier alpha value is -1.97. The summed E-state index contributed by atoms with van der Waals surface area (Å²) in [5.74, 6) is -0.247. The molecule has 0 aliphatic carbocycles. The fourth-order valence-corrected chi connectivity index (χ4v) is 2.15. The minimum absolute atomic E-state index is 0.0207. The molecule has 0 spiro atoms. The normalized spacial score (nSPS) is 10.8. The fourth-order valence-electron chi connectivity index (χ4n) is 2.15. The van der Waals surface area contributed by atoms with Gasteiger partial charge in [0.1, 0.15) is 0 Å². The van der Waals surface area contributed by atoms with E-state index >= 15 is 0 Å². The average molecular weight is 261 g/mol. The molecule has 0 saturated heterocycles. The number of carbonyl (C=O) groups is 1. The molecule has 1 aromatic heterocycles. The SMILES string of the molecule is CCCCCOc1[nH]c2ccccc2c1CC(=O)O. The molecule has 0 radical (unpaired) electrons. The van der Waals surface area contributed by atoms with Gasteiger partial charge in [0.25, 0.3) is 0 Å². The van der Waals surface area contributed by atoms with Gasteiger partial charge in [0.15, 0.2) is 5.88 Å². The molecule has 0 fully saturated rings. The highest BCUT2D eigenvalue weighted by Crippen LogP contribution is 2.28. The first-order chi connectivity index (χ1) is 9.22. The molecule has 2 aromatic rings. The number of ether oxygens (including phenoxy) is 1. The first-order valence-electron chi connectivity index (χ1n) is 6.66. The molecule has 0 aliphatic heterocycles. The molecule has 4 nitrogen and oxygen atoms in total. The number of aromatic nitrogens is 1. The predicted molar refractivity (Wildman–Crippen MR) is 74.7 cm³/mol. The van der Waals surface area contributed by atoms with Gasteiger partial charge >= 0.3 is 5.97 Å². The van der Waals surface area contributed by atoms with Gasteiger partial charge in [0.2, 0.25) is 0 Å². The number of carboxylic acids is 1. The third kappa shape index (κ3) is 3.28. The van der Waals surface area contributed by atoms with Crippen molar-refractivity contribution in [2.24, 2.45) is 0 Å². The summed E-state index contributed by atoms with van der Waals surface area (Å²) >= 11 is 0. The highest BCUT2D eigenvalue weighted by atomic mass is 16.5. The highest BCUT2D eigenvalue weighted by molar-refractivity contribution is 5.89. The lowest BCUT2D eigenvalue weighted by atomic mass is 10.1. The number of aliphatic carboxylic acids is 1. The van der Waals surface area contributed by atoms with E-state index in [1.165, 1.54) is 0 Å². The molecule has 1 heterocycles. The Balaban J connectivity index is 2.22. The monoisotopic (exact) mass is 261 g/mol. The molecule has 2 rings (SSSR count). The van der Waals surface area contributed by atoms with Crippen molar-refractivity contribution >= 4 is 16.9 Å². The molecule has 2 N–H and O–H groups in total. The van der Waals surface area contributed by atoms with Crippen molar-refractivity contribution in [1.82, 2.24) is 4.98 Å². The van der Waals surface area contributed by atoms with E-state index in [1.807, 2.05) is 24.3 Å². The van der Waals surface area contributed by atoms with Crippen molar-refractivity contribution in [3.05, 3.63) is 29.8 Å². The number of H-pyrrole nitrogens is 1. The lowest BCUT2D eigenvalue weighted by Crippen LogP contribution is -2.04. The number of carboxylic acid groups (broad SMARTS) is 1. The molecule has 102 valence electrons. The summed E-state index contributed by atoms with van der Waals surface area (Å²) in [6.45, 7) is 2.76. The van der Waals surface area contributed by atoms with Gasteiger partial charge < -0.3 is 14.8 Å². The molecule has 0 aliphatic rings. The molecule has 19 heavy (non-hydrogen) atoms. The summed E-state index contributed by atoms with van der Waals surface area (Å²) in [6, 6.07) is 7.68. The van der Waals surface area contributed by atoms with Gasteiger partial charge in [-0.2, -0.15) is 0 Å². The van der Waals surface area contributed by atoms with Crippen molar-refractivity contribution in [2.45, 2.75) is 32.6 Å². The summed E-state index contributed by atoms with van der Waals surface area (Å²) < 4.78 is 5.71. The van der Waals surface area contributed by atoms with Gasteiger partial charge in [0, 0.05) is 16.5 Å². The van der Waals surface area contributed by atoms with Crippen LogP contribution in [0.4, 0.5) is 0 Å². The zero-order valence-corrected chi connectivity index (χ0v) is 11.1. The molecular weight excluding hydrogens is 242 g/mol. The Bertz CT molecular complexity index is 560. The Morgan fingerprint density at radius 1 is 1.32 bits per heavy atom. The Morgan fingerprint density at radius 3 is 2.84 bits per heavy atom. The number of aromatic amines is 1. The summed E-state index contributed by atoms with van der Waals surface area (Å²) in [4.78, 5) is 14.1. The topological polar surface area (TPSA) is 62.3 Å². The summed E-state index contributed by atoms with van der Waals surface area (Å²) in [5.41, 5.74) is 1.66.